The lowest BCUT2D eigenvalue weighted by Gasteiger charge is -2.29. The van der Waals surface area contributed by atoms with Crippen LogP contribution in [0.25, 0.3) is 0 Å². The van der Waals surface area contributed by atoms with Gasteiger partial charge in [0.25, 0.3) is 0 Å². The molecule has 4 nitrogen and oxygen atoms in total. The van der Waals surface area contributed by atoms with Crippen molar-refractivity contribution in [3.63, 3.8) is 0 Å². The summed E-state index contributed by atoms with van der Waals surface area (Å²) in [6, 6.07) is 0.340. The Hall–Kier alpha value is -0.610. The monoisotopic (exact) mass is 254 g/mol. The van der Waals surface area contributed by atoms with Gasteiger partial charge < -0.3 is 15.8 Å². The van der Waals surface area contributed by atoms with Crippen LogP contribution in [0.15, 0.2) is 0 Å². The summed E-state index contributed by atoms with van der Waals surface area (Å²) < 4.78 is 5.63. The molecule has 0 bridgehead atoms. The molecule has 0 aromatic rings. The van der Waals surface area contributed by atoms with Crippen molar-refractivity contribution in [3.05, 3.63) is 0 Å². The van der Waals surface area contributed by atoms with Crippen LogP contribution in [0, 0.1) is 0 Å². The van der Waals surface area contributed by atoms with Gasteiger partial charge in [-0.25, -0.2) is 0 Å². The lowest BCUT2D eigenvalue weighted by atomic mass is 9.91. The molecule has 1 heterocycles. The molecule has 1 saturated heterocycles. The summed E-state index contributed by atoms with van der Waals surface area (Å²) in [5.74, 6) is 0.145. The quantitative estimate of drug-likeness (QED) is 0.803. The van der Waals surface area contributed by atoms with E-state index in [1.165, 1.54) is 25.7 Å². The fourth-order valence-corrected chi connectivity index (χ4v) is 2.94. The van der Waals surface area contributed by atoms with Crippen molar-refractivity contribution in [1.82, 2.24) is 5.32 Å². The SMILES string of the molecule is N[C@@H]1CCCC[C@H]1NC(=O)CCC1CCCCO1. The summed E-state index contributed by atoms with van der Waals surface area (Å²) in [6.45, 7) is 0.861. The van der Waals surface area contributed by atoms with Gasteiger partial charge in [-0.2, -0.15) is 0 Å². The van der Waals surface area contributed by atoms with Crippen LogP contribution in [0.1, 0.15) is 57.8 Å². The van der Waals surface area contributed by atoms with E-state index in [2.05, 4.69) is 5.32 Å². The molecule has 18 heavy (non-hydrogen) atoms. The first-order valence-corrected chi connectivity index (χ1v) is 7.42. The fraction of sp³-hybridized carbons (Fsp3) is 0.929. The Labute approximate surface area is 110 Å². The van der Waals surface area contributed by atoms with Crippen LogP contribution < -0.4 is 11.1 Å². The maximum atomic E-state index is 11.9. The van der Waals surface area contributed by atoms with Gasteiger partial charge in [0.05, 0.1) is 6.10 Å². The minimum Gasteiger partial charge on any atom is -0.378 e. The zero-order valence-corrected chi connectivity index (χ0v) is 11.2. The molecule has 1 aliphatic carbocycles. The third-order valence-electron chi connectivity index (χ3n) is 4.13. The molecular weight excluding hydrogens is 228 g/mol. The van der Waals surface area contributed by atoms with Crippen LogP contribution >= 0.6 is 0 Å². The van der Waals surface area contributed by atoms with Gasteiger partial charge in [0.15, 0.2) is 0 Å². The molecule has 0 aromatic heterocycles. The number of hydrogen-bond acceptors (Lipinski definition) is 3. The summed E-state index contributed by atoms with van der Waals surface area (Å²) in [7, 11) is 0. The number of nitrogens with one attached hydrogen (secondary N) is 1. The van der Waals surface area contributed by atoms with Crippen molar-refractivity contribution in [2.45, 2.75) is 76.0 Å². The molecule has 3 N–H and O–H groups in total. The Morgan fingerprint density at radius 2 is 1.94 bits per heavy atom. The maximum absolute atomic E-state index is 11.9. The zero-order chi connectivity index (χ0) is 12.8. The predicted octanol–water partition coefficient (Wildman–Crippen LogP) is 1.72. The second-order valence-corrected chi connectivity index (χ2v) is 5.65. The zero-order valence-electron chi connectivity index (χ0n) is 11.2. The second kappa shape index (κ2) is 7.10. The molecule has 104 valence electrons. The van der Waals surface area contributed by atoms with Crippen molar-refractivity contribution < 1.29 is 9.53 Å². The van der Waals surface area contributed by atoms with E-state index in [4.69, 9.17) is 10.5 Å². The molecule has 2 fully saturated rings. The number of carbonyl (C=O) groups excluding carboxylic acids is 1. The van der Waals surface area contributed by atoms with E-state index in [-0.39, 0.29) is 18.0 Å². The first kappa shape index (κ1) is 13.8. The van der Waals surface area contributed by atoms with Crippen molar-refractivity contribution in [1.29, 1.82) is 0 Å². The highest BCUT2D eigenvalue weighted by molar-refractivity contribution is 5.76. The van der Waals surface area contributed by atoms with Crippen LogP contribution in [0.5, 0.6) is 0 Å². The van der Waals surface area contributed by atoms with E-state index >= 15 is 0 Å². The maximum Gasteiger partial charge on any atom is 0.220 e. The van der Waals surface area contributed by atoms with Crippen LogP contribution in [0.2, 0.25) is 0 Å². The van der Waals surface area contributed by atoms with Crippen LogP contribution in [0.3, 0.4) is 0 Å². The van der Waals surface area contributed by atoms with Gasteiger partial charge in [-0.1, -0.05) is 12.8 Å². The number of carbonyl (C=O) groups is 1. The van der Waals surface area contributed by atoms with Crippen LogP contribution in [-0.2, 0) is 9.53 Å². The summed E-state index contributed by atoms with van der Waals surface area (Å²) >= 11 is 0. The second-order valence-electron chi connectivity index (χ2n) is 5.65. The van der Waals surface area contributed by atoms with E-state index in [1.807, 2.05) is 0 Å². The summed E-state index contributed by atoms with van der Waals surface area (Å²) in [4.78, 5) is 11.9. The summed E-state index contributed by atoms with van der Waals surface area (Å²) in [6.07, 6.45) is 9.69. The lowest BCUT2D eigenvalue weighted by molar-refractivity contribution is -0.123. The molecule has 4 heteroatoms. The van der Waals surface area contributed by atoms with Gasteiger partial charge in [0, 0.05) is 25.1 Å². The van der Waals surface area contributed by atoms with E-state index in [0.29, 0.717) is 12.5 Å². The molecule has 1 amide bonds. The van der Waals surface area contributed by atoms with Gasteiger partial charge in [-0.15, -0.1) is 0 Å². The van der Waals surface area contributed by atoms with E-state index in [1.54, 1.807) is 0 Å². The van der Waals surface area contributed by atoms with E-state index in [0.717, 1.165) is 32.3 Å². The smallest absolute Gasteiger partial charge is 0.220 e. The molecule has 1 aliphatic heterocycles. The molecular formula is C14H26N2O2. The fourth-order valence-electron chi connectivity index (χ4n) is 2.94. The van der Waals surface area contributed by atoms with Gasteiger partial charge in [0.2, 0.25) is 5.91 Å². The Kier molecular flexibility index (Phi) is 5.45. The lowest BCUT2D eigenvalue weighted by Crippen LogP contribution is -2.49. The van der Waals surface area contributed by atoms with Gasteiger partial charge in [-0.05, 0) is 38.5 Å². The Morgan fingerprint density at radius 1 is 1.17 bits per heavy atom. The first-order valence-electron chi connectivity index (χ1n) is 7.42. The van der Waals surface area contributed by atoms with Crippen LogP contribution in [-0.4, -0.2) is 30.7 Å². The highest BCUT2D eigenvalue weighted by atomic mass is 16.5. The molecule has 1 unspecified atom stereocenters. The third-order valence-corrected chi connectivity index (χ3v) is 4.13. The number of nitrogens with two attached hydrogens (primary N) is 1. The Morgan fingerprint density at radius 3 is 2.67 bits per heavy atom. The molecule has 0 radical (unpaired) electrons. The van der Waals surface area contributed by atoms with E-state index in [9.17, 15) is 4.79 Å². The molecule has 2 aliphatic rings. The summed E-state index contributed by atoms with van der Waals surface area (Å²) in [5, 5.41) is 3.09. The highest BCUT2D eigenvalue weighted by Crippen LogP contribution is 2.19. The number of hydrogen-bond donors (Lipinski definition) is 2. The predicted molar refractivity (Wildman–Crippen MR) is 71.2 cm³/mol. The van der Waals surface area contributed by atoms with Gasteiger partial charge >= 0.3 is 0 Å². The topological polar surface area (TPSA) is 64.3 Å². The molecule has 0 spiro atoms. The van der Waals surface area contributed by atoms with Crippen molar-refractivity contribution >= 4 is 5.91 Å². The number of rotatable bonds is 4. The van der Waals surface area contributed by atoms with Gasteiger partial charge in [0.1, 0.15) is 0 Å². The van der Waals surface area contributed by atoms with Crippen LogP contribution in [0.4, 0.5) is 0 Å². The standard InChI is InChI=1S/C14H26N2O2/c15-12-6-1-2-7-13(12)16-14(17)9-8-11-5-3-4-10-18-11/h11-13H,1-10,15H2,(H,16,17)/t11?,12-,13-/m1/s1. The molecule has 2 rings (SSSR count). The average Bonchev–Trinajstić information content (AvgIpc) is 2.40. The minimum atomic E-state index is 0.145. The molecule has 1 saturated carbocycles. The largest absolute Gasteiger partial charge is 0.378 e. The normalized spacial score (nSPS) is 33.1. The molecule has 3 atom stereocenters. The summed E-state index contributed by atoms with van der Waals surface area (Å²) in [5.41, 5.74) is 6.03. The Bertz CT molecular complexity index is 265. The molecule has 0 aromatic carbocycles. The van der Waals surface area contributed by atoms with Crippen molar-refractivity contribution in [3.8, 4) is 0 Å². The third kappa shape index (κ3) is 4.25. The first-order chi connectivity index (χ1) is 8.75. The average molecular weight is 254 g/mol. The van der Waals surface area contributed by atoms with Crippen molar-refractivity contribution in [2.24, 2.45) is 5.73 Å². The van der Waals surface area contributed by atoms with E-state index < -0.39 is 0 Å². The minimum absolute atomic E-state index is 0.145. The highest BCUT2D eigenvalue weighted by Gasteiger charge is 2.23. The number of ether oxygens (including phenoxy) is 1. The number of amides is 1. The Balaban J connectivity index is 1.64. The van der Waals surface area contributed by atoms with Gasteiger partial charge in [-0.3, -0.25) is 4.79 Å². The van der Waals surface area contributed by atoms with Crippen molar-refractivity contribution in [2.75, 3.05) is 6.61 Å².